The van der Waals surface area contributed by atoms with Gasteiger partial charge in [-0.3, -0.25) is 4.99 Å². The standard InChI is InChI=1S/C21H32F2N4O4/c1-21(2,3)31-20(28)26-15-9-11-27(13-15)19(24-4)25-10-8-14-6-7-16(29-5)17(12-14)30-18(22)23/h6-7,12,15,18H,8-11,13H2,1-5H3,(H,24,25)(H,26,28). The van der Waals surface area contributed by atoms with Crippen LogP contribution in [0.1, 0.15) is 32.8 Å². The predicted octanol–water partition coefficient (Wildman–Crippen LogP) is 3.01. The third kappa shape index (κ3) is 8.10. The zero-order valence-electron chi connectivity index (χ0n) is 18.7. The molecule has 1 atom stereocenters. The monoisotopic (exact) mass is 442 g/mol. The van der Waals surface area contributed by atoms with Crippen molar-refractivity contribution in [2.45, 2.75) is 51.9 Å². The van der Waals surface area contributed by atoms with E-state index < -0.39 is 18.3 Å². The van der Waals surface area contributed by atoms with E-state index in [1.165, 1.54) is 7.11 Å². The number of rotatable bonds is 7. The molecule has 1 aromatic carbocycles. The Hall–Kier alpha value is -2.78. The first-order valence-electron chi connectivity index (χ1n) is 10.2. The maximum atomic E-state index is 12.6. The van der Waals surface area contributed by atoms with E-state index in [1.54, 1.807) is 25.2 Å². The van der Waals surface area contributed by atoms with Crippen LogP contribution in [0.3, 0.4) is 0 Å². The van der Waals surface area contributed by atoms with Crippen molar-refractivity contribution in [3.8, 4) is 11.5 Å². The van der Waals surface area contributed by atoms with Crippen LogP contribution in [0, 0.1) is 0 Å². The number of amides is 1. The van der Waals surface area contributed by atoms with E-state index in [1.807, 2.05) is 20.8 Å². The number of hydrogen-bond acceptors (Lipinski definition) is 5. The fourth-order valence-electron chi connectivity index (χ4n) is 3.26. The van der Waals surface area contributed by atoms with Crippen molar-refractivity contribution in [3.63, 3.8) is 0 Å². The molecule has 1 amide bonds. The number of methoxy groups -OCH3 is 1. The number of hydrogen-bond donors (Lipinski definition) is 2. The Balaban J connectivity index is 1.84. The normalized spacial score (nSPS) is 17.0. The Kier molecular flexibility index (Phi) is 8.70. The van der Waals surface area contributed by atoms with Crippen molar-refractivity contribution in [2.75, 3.05) is 33.8 Å². The molecule has 0 spiro atoms. The lowest BCUT2D eigenvalue weighted by atomic mass is 10.1. The summed E-state index contributed by atoms with van der Waals surface area (Å²) in [5.74, 6) is 0.981. The first-order valence-corrected chi connectivity index (χ1v) is 10.2. The zero-order valence-corrected chi connectivity index (χ0v) is 18.7. The molecular formula is C21H32F2N4O4. The molecule has 8 nitrogen and oxygen atoms in total. The van der Waals surface area contributed by atoms with E-state index >= 15 is 0 Å². The Bertz CT molecular complexity index is 768. The van der Waals surface area contributed by atoms with Crippen molar-refractivity contribution in [1.29, 1.82) is 0 Å². The first kappa shape index (κ1) is 24.5. The van der Waals surface area contributed by atoms with Gasteiger partial charge in [-0.1, -0.05) is 6.07 Å². The number of alkyl halides is 2. The Labute approximate surface area is 181 Å². The number of guanidine groups is 1. The van der Waals surface area contributed by atoms with Crippen molar-refractivity contribution >= 4 is 12.1 Å². The third-order valence-electron chi connectivity index (χ3n) is 4.56. The molecule has 1 fully saturated rings. The average molecular weight is 443 g/mol. The zero-order chi connectivity index (χ0) is 23.0. The summed E-state index contributed by atoms with van der Waals surface area (Å²) in [6.07, 6.45) is 0.937. The molecule has 2 rings (SSSR count). The van der Waals surface area contributed by atoms with Gasteiger partial charge in [0, 0.05) is 26.7 Å². The van der Waals surface area contributed by atoms with Gasteiger partial charge < -0.3 is 29.7 Å². The SMILES string of the molecule is CN=C(NCCc1ccc(OC)c(OC(F)F)c1)N1CCC(NC(=O)OC(C)(C)C)C1. The van der Waals surface area contributed by atoms with Crippen molar-refractivity contribution in [2.24, 2.45) is 4.99 Å². The van der Waals surface area contributed by atoms with E-state index in [0.717, 1.165) is 18.5 Å². The van der Waals surface area contributed by atoms with Crippen molar-refractivity contribution < 1.29 is 27.8 Å². The van der Waals surface area contributed by atoms with Gasteiger partial charge in [-0.05, 0) is 51.3 Å². The van der Waals surface area contributed by atoms with E-state index in [-0.39, 0.29) is 17.5 Å². The van der Waals surface area contributed by atoms with Crippen LogP contribution in [0.4, 0.5) is 13.6 Å². The molecule has 1 saturated heterocycles. The predicted molar refractivity (Wildman–Crippen MR) is 114 cm³/mol. The minimum Gasteiger partial charge on any atom is -0.493 e. The number of nitrogens with one attached hydrogen (secondary N) is 2. The van der Waals surface area contributed by atoms with Crippen LogP contribution in [0.2, 0.25) is 0 Å². The van der Waals surface area contributed by atoms with Gasteiger partial charge in [0.05, 0.1) is 13.2 Å². The summed E-state index contributed by atoms with van der Waals surface area (Å²) in [6, 6.07) is 4.93. The fourth-order valence-corrected chi connectivity index (χ4v) is 3.26. The smallest absolute Gasteiger partial charge is 0.407 e. The molecule has 174 valence electrons. The summed E-state index contributed by atoms with van der Waals surface area (Å²) in [5, 5.41) is 6.16. The van der Waals surface area contributed by atoms with Gasteiger partial charge in [-0.15, -0.1) is 0 Å². The molecule has 1 aliphatic rings. The highest BCUT2D eigenvalue weighted by atomic mass is 19.3. The molecule has 0 aliphatic carbocycles. The van der Waals surface area contributed by atoms with E-state index in [4.69, 9.17) is 9.47 Å². The van der Waals surface area contributed by atoms with Gasteiger partial charge in [0.25, 0.3) is 0 Å². The number of halogens is 2. The second-order valence-corrected chi connectivity index (χ2v) is 8.17. The highest BCUT2D eigenvalue weighted by molar-refractivity contribution is 5.80. The van der Waals surface area contributed by atoms with Gasteiger partial charge in [-0.25, -0.2) is 4.79 Å². The summed E-state index contributed by atoms with van der Waals surface area (Å²) in [5.41, 5.74) is 0.284. The van der Waals surface area contributed by atoms with Crippen LogP contribution >= 0.6 is 0 Å². The maximum absolute atomic E-state index is 12.6. The van der Waals surface area contributed by atoms with E-state index in [0.29, 0.717) is 25.5 Å². The van der Waals surface area contributed by atoms with Gasteiger partial charge >= 0.3 is 12.7 Å². The highest BCUT2D eigenvalue weighted by Gasteiger charge is 2.27. The van der Waals surface area contributed by atoms with E-state index in [9.17, 15) is 13.6 Å². The Morgan fingerprint density at radius 1 is 1.32 bits per heavy atom. The maximum Gasteiger partial charge on any atom is 0.407 e. The lowest BCUT2D eigenvalue weighted by molar-refractivity contribution is -0.0512. The second kappa shape index (κ2) is 11.0. The molecule has 1 aromatic rings. The number of likely N-dealkylation sites (tertiary alicyclic amines) is 1. The molecule has 31 heavy (non-hydrogen) atoms. The van der Waals surface area contributed by atoms with Crippen LogP contribution in [-0.4, -0.2) is 69.0 Å². The molecule has 1 heterocycles. The van der Waals surface area contributed by atoms with E-state index in [2.05, 4.69) is 25.3 Å². The topological polar surface area (TPSA) is 84.4 Å². The van der Waals surface area contributed by atoms with Crippen LogP contribution in [-0.2, 0) is 11.2 Å². The Morgan fingerprint density at radius 2 is 2.06 bits per heavy atom. The fraction of sp³-hybridized carbons (Fsp3) is 0.619. The largest absolute Gasteiger partial charge is 0.493 e. The van der Waals surface area contributed by atoms with Crippen LogP contribution in [0.15, 0.2) is 23.2 Å². The molecule has 0 bridgehead atoms. The summed E-state index contributed by atoms with van der Waals surface area (Å²) in [4.78, 5) is 18.3. The minimum absolute atomic E-state index is 0.00924. The summed E-state index contributed by atoms with van der Waals surface area (Å²) >= 11 is 0. The van der Waals surface area contributed by atoms with Crippen LogP contribution in [0.25, 0.3) is 0 Å². The molecule has 0 aromatic heterocycles. The Morgan fingerprint density at radius 3 is 2.68 bits per heavy atom. The number of benzene rings is 1. The summed E-state index contributed by atoms with van der Waals surface area (Å²) in [7, 11) is 3.10. The molecule has 2 N–H and O–H groups in total. The number of alkyl carbamates (subject to hydrolysis) is 1. The molecule has 0 radical (unpaired) electrons. The van der Waals surface area contributed by atoms with Crippen LogP contribution in [0.5, 0.6) is 11.5 Å². The second-order valence-electron chi connectivity index (χ2n) is 8.17. The summed E-state index contributed by atoms with van der Waals surface area (Å²) < 4.78 is 40.1. The van der Waals surface area contributed by atoms with Gasteiger partial charge in [0.1, 0.15) is 5.60 Å². The molecule has 1 aliphatic heterocycles. The molecular weight excluding hydrogens is 410 g/mol. The van der Waals surface area contributed by atoms with Gasteiger partial charge in [0.15, 0.2) is 17.5 Å². The molecule has 0 saturated carbocycles. The number of carbonyl (C=O) groups excluding carboxylic acids is 1. The number of carbonyl (C=O) groups is 1. The van der Waals surface area contributed by atoms with Gasteiger partial charge in [0.2, 0.25) is 0 Å². The first-order chi connectivity index (χ1) is 14.6. The van der Waals surface area contributed by atoms with Crippen molar-refractivity contribution in [1.82, 2.24) is 15.5 Å². The summed E-state index contributed by atoms with van der Waals surface area (Å²) in [6.45, 7) is 4.47. The minimum atomic E-state index is -2.92. The lowest BCUT2D eigenvalue weighted by Crippen LogP contribution is -2.44. The number of ether oxygens (including phenoxy) is 3. The van der Waals surface area contributed by atoms with Crippen LogP contribution < -0.4 is 20.1 Å². The third-order valence-corrected chi connectivity index (χ3v) is 4.56. The molecule has 10 heteroatoms. The average Bonchev–Trinajstić information content (AvgIpc) is 3.11. The highest BCUT2D eigenvalue weighted by Crippen LogP contribution is 2.29. The molecule has 1 unspecified atom stereocenters. The van der Waals surface area contributed by atoms with Gasteiger partial charge in [-0.2, -0.15) is 8.78 Å². The van der Waals surface area contributed by atoms with Crippen molar-refractivity contribution in [3.05, 3.63) is 23.8 Å². The number of nitrogens with zero attached hydrogens (tertiary/aromatic N) is 2. The quantitative estimate of drug-likeness (QED) is 0.499. The number of aliphatic imine (C=N–C) groups is 1. The lowest BCUT2D eigenvalue weighted by Gasteiger charge is -2.23.